The van der Waals surface area contributed by atoms with Gasteiger partial charge in [-0.1, -0.05) is 24.3 Å². The van der Waals surface area contributed by atoms with Crippen LogP contribution in [0.2, 0.25) is 0 Å². The molecule has 0 radical (unpaired) electrons. The number of pyridine rings is 2. The summed E-state index contributed by atoms with van der Waals surface area (Å²) in [6.07, 6.45) is 2.02. The lowest BCUT2D eigenvalue weighted by Gasteiger charge is -2.14. The first-order valence-electron chi connectivity index (χ1n) is 9.17. The van der Waals surface area contributed by atoms with Crippen LogP contribution in [0.4, 0.5) is 0 Å². The van der Waals surface area contributed by atoms with Crippen molar-refractivity contribution in [2.45, 2.75) is 46.8 Å². The topological polar surface area (TPSA) is 64.1 Å². The molecule has 3 aromatic rings. The van der Waals surface area contributed by atoms with E-state index in [4.69, 9.17) is 4.74 Å². The van der Waals surface area contributed by atoms with Crippen molar-refractivity contribution >= 4 is 16.8 Å². The minimum absolute atomic E-state index is 0.0309. The Hall–Kier alpha value is -2.95. The lowest BCUT2D eigenvalue weighted by molar-refractivity contribution is -0.120. The number of carbonyl (C=O) groups excluding carboxylic acids is 1. The van der Waals surface area contributed by atoms with Gasteiger partial charge in [0.1, 0.15) is 0 Å². The van der Waals surface area contributed by atoms with Crippen LogP contribution in [0.15, 0.2) is 42.6 Å². The second-order valence-corrected chi connectivity index (χ2v) is 6.91. The maximum Gasteiger partial charge on any atom is 0.224 e. The summed E-state index contributed by atoms with van der Waals surface area (Å²) < 4.78 is 5.71. The molecule has 2 aromatic heterocycles. The standard InChI is InChI=1S/C22H25N3O2/c1-14(2)27-22-17(8-7-11-23-22)13-24-21(26)12-19-15(3)18-9-5-6-10-20(18)25-16(19)4/h5-11,14H,12-13H2,1-4H3,(H,24,26). The largest absolute Gasteiger partial charge is 0.475 e. The third kappa shape index (κ3) is 4.42. The van der Waals surface area contributed by atoms with Crippen LogP contribution >= 0.6 is 0 Å². The van der Waals surface area contributed by atoms with Gasteiger partial charge >= 0.3 is 0 Å². The number of fused-ring (bicyclic) bond motifs is 1. The molecule has 0 fully saturated rings. The molecule has 0 spiro atoms. The smallest absolute Gasteiger partial charge is 0.224 e. The number of para-hydroxylation sites is 1. The highest BCUT2D eigenvalue weighted by Gasteiger charge is 2.14. The van der Waals surface area contributed by atoms with Crippen LogP contribution in [-0.2, 0) is 17.8 Å². The minimum atomic E-state index is -0.0439. The van der Waals surface area contributed by atoms with E-state index >= 15 is 0 Å². The van der Waals surface area contributed by atoms with Crippen LogP contribution in [-0.4, -0.2) is 22.0 Å². The van der Waals surface area contributed by atoms with Crippen molar-refractivity contribution in [1.82, 2.24) is 15.3 Å². The summed E-state index contributed by atoms with van der Waals surface area (Å²) in [5.41, 5.74) is 4.81. The molecule has 0 aliphatic heterocycles. The SMILES string of the molecule is Cc1nc2ccccc2c(C)c1CC(=O)NCc1cccnc1OC(C)C. The average molecular weight is 363 g/mol. The van der Waals surface area contributed by atoms with Crippen LogP contribution in [0, 0.1) is 13.8 Å². The second kappa shape index (κ2) is 8.16. The molecule has 2 heterocycles. The van der Waals surface area contributed by atoms with Gasteiger partial charge in [-0.25, -0.2) is 4.98 Å². The molecule has 0 aliphatic rings. The average Bonchev–Trinajstić information content (AvgIpc) is 2.64. The second-order valence-electron chi connectivity index (χ2n) is 6.91. The fourth-order valence-corrected chi connectivity index (χ4v) is 3.14. The van der Waals surface area contributed by atoms with E-state index in [1.165, 1.54) is 0 Å². The Morgan fingerprint density at radius 1 is 1.15 bits per heavy atom. The number of hydrogen-bond acceptors (Lipinski definition) is 4. The van der Waals surface area contributed by atoms with Gasteiger partial charge < -0.3 is 10.1 Å². The first-order chi connectivity index (χ1) is 13.0. The number of aromatic nitrogens is 2. The van der Waals surface area contributed by atoms with Crippen molar-refractivity contribution in [1.29, 1.82) is 0 Å². The van der Waals surface area contributed by atoms with Gasteiger partial charge in [0.15, 0.2) is 0 Å². The van der Waals surface area contributed by atoms with E-state index in [1.807, 2.05) is 57.2 Å². The van der Waals surface area contributed by atoms with Crippen molar-refractivity contribution in [3.63, 3.8) is 0 Å². The fraction of sp³-hybridized carbons (Fsp3) is 0.318. The summed E-state index contributed by atoms with van der Waals surface area (Å²) >= 11 is 0. The molecule has 0 saturated heterocycles. The fourth-order valence-electron chi connectivity index (χ4n) is 3.14. The number of aryl methyl sites for hydroxylation is 2. The minimum Gasteiger partial charge on any atom is -0.475 e. The lowest BCUT2D eigenvalue weighted by atomic mass is 9.99. The summed E-state index contributed by atoms with van der Waals surface area (Å²) in [7, 11) is 0. The highest BCUT2D eigenvalue weighted by atomic mass is 16.5. The van der Waals surface area contributed by atoms with Crippen LogP contribution < -0.4 is 10.1 Å². The van der Waals surface area contributed by atoms with Crippen LogP contribution in [0.5, 0.6) is 5.88 Å². The zero-order valence-electron chi connectivity index (χ0n) is 16.2. The predicted molar refractivity (Wildman–Crippen MR) is 107 cm³/mol. The maximum absolute atomic E-state index is 12.6. The van der Waals surface area contributed by atoms with E-state index in [-0.39, 0.29) is 12.0 Å². The van der Waals surface area contributed by atoms with Crippen molar-refractivity contribution < 1.29 is 9.53 Å². The van der Waals surface area contributed by atoms with E-state index in [0.717, 1.165) is 33.3 Å². The van der Waals surface area contributed by atoms with Gasteiger partial charge in [0.2, 0.25) is 11.8 Å². The summed E-state index contributed by atoms with van der Waals surface area (Å²) in [5, 5.41) is 4.07. The van der Waals surface area contributed by atoms with Crippen molar-refractivity contribution in [3.8, 4) is 5.88 Å². The van der Waals surface area contributed by atoms with Gasteiger partial charge in [-0.3, -0.25) is 9.78 Å². The van der Waals surface area contributed by atoms with Gasteiger partial charge in [-0.05, 0) is 51.0 Å². The van der Waals surface area contributed by atoms with Crippen molar-refractivity contribution in [2.24, 2.45) is 0 Å². The molecule has 0 saturated carbocycles. The predicted octanol–water partition coefficient (Wildman–Crippen LogP) is 3.89. The first kappa shape index (κ1) is 18.8. The van der Waals surface area contributed by atoms with E-state index in [1.54, 1.807) is 6.20 Å². The molecule has 0 atom stereocenters. The van der Waals surface area contributed by atoms with Gasteiger partial charge in [0.25, 0.3) is 0 Å². The molecular formula is C22H25N3O2. The van der Waals surface area contributed by atoms with Crippen molar-refractivity contribution in [3.05, 3.63) is 65.0 Å². The number of rotatable bonds is 6. The quantitative estimate of drug-likeness (QED) is 0.721. The lowest BCUT2D eigenvalue weighted by Crippen LogP contribution is -2.26. The maximum atomic E-state index is 12.6. The number of nitrogens with one attached hydrogen (secondary N) is 1. The first-order valence-corrected chi connectivity index (χ1v) is 9.17. The molecule has 1 N–H and O–H groups in total. The number of carbonyl (C=O) groups is 1. The summed E-state index contributed by atoms with van der Waals surface area (Å²) in [5.74, 6) is 0.519. The highest BCUT2D eigenvalue weighted by molar-refractivity contribution is 5.86. The molecule has 3 rings (SSSR count). The summed E-state index contributed by atoms with van der Waals surface area (Å²) in [4.78, 5) is 21.5. The van der Waals surface area contributed by atoms with Gasteiger partial charge in [-0.15, -0.1) is 0 Å². The van der Waals surface area contributed by atoms with Gasteiger partial charge in [-0.2, -0.15) is 0 Å². The Bertz CT molecular complexity index is 967. The number of benzene rings is 1. The molecule has 5 heteroatoms. The Morgan fingerprint density at radius 3 is 2.70 bits per heavy atom. The number of amides is 1. The third-order valence-corrected chi connectivity index (χ3v) is 4.50. The van der Waals surface area contributed by atoms with Crippen LogP contribution in [0.1, 0.15) is 36.2 Å². The third-order valence-electron chi connectivity index (χ3n) is 4.50. The van der Waals surface area contributed by atoms with E-state index < -0.39 is 0 Å². The zero-order chi connectivity index (χ0) is 19.4. The van der Waals surface area contributed by atoms with E-state index in [0.29, 0.717) is 18.8 Å². The van der Waals surface area contributed by atoms with Crippen molar-refractivity contribution in [2.75, 3.05) is 0 Å². The molecule has 1 amide bonds. The molecule has 0 aliphatic carbocycles. The number of ether oxygens (including phenoxy) is 1. The molecule has 0 unspecified atom stereocenters. The Kier molecular flexibility index (Phi) is 5.69. The van der Waals surface area contributed by atoms with Crippen LogP contribution in [0.3, 0.4) is 0 Å². The number of hydrogen-bond donors (Lipinski definition) is 1. The van der Waals surface area contributed by atoms with E-state index in [9.17, 15) is 4.79 Å². The highest BCUT2D eigenvalue weighted by Crippen LogP contribution is 2.23. The molecule has 0 bridgehead atoms. The molecule has 1 aromatic carbocycles. The summed E-state index contributed by atoms with van der Waals surface area (Å²) in [6.45, 7) is 8.30. The Labute approximate surface area is 159 Å². The molecular weight excluding hydrogens is 338 g/mol. The molecule has 140 valence electrons. The van der Waals surface area contributed by atoms with Gasteiger partial charge in [0.05, 0.1) is 18.0 Å². The Morgan fingerprint density at radius 2 is 1.93 bits per heavy atom. The normalized spacial score (nSPS) is 11.0. The molecule has 27 heavy (non-hydrogen) atoms. The van der Waals surface area contributed by atoms with Gasteiger partial charge in [0, 0.05) is 29.4 Å². The van der Waals surface area contributed by atoms with E-state index in [2.05, 4.69) is 22.2 Å². The summed E-state index contributed by atoms with van der Waals surface area (Å²) in [6, 6.07) is 11.8. The Balaban J connectivity index is 1.73. The number of nitrogens with zero attached hydrogens (tertiary/aromatic N) is 2. The monoisotopic (exact) mass is 363 g/mol. The van der Waals surface area contributed by atoms with Crippen LogP contribution in [0.25, 0.3) is 10.9 Å². The molecule has 5 nitrogen and oxygen atoms in total. The zero-order valence-corrected chi connectivity index (χ0v) is 16.2.